The SMILES string of the molecule is N#Cc1ccc2c(c1)NCCN2C1CCC(O)CC1. The van der Waals surface area contributed by atoms with E-state index in [1.54, 1.807) is 0 Å². The molecule has 19 heavy (non-hydrogen) atoms. The molecule has 2 aliphatic rings. The Hall–Kier alpha value is -1.73. The Balaban J connectivity index is 1.84. The summed E-state index contributed by atoms with van der Waals surface area (Å²) in [5.41, 5.74) is 2.97. The molecule has 0 saturated heterocycles. The molecule has 0 bridgehead atoms. The highest BCUT2D eigenvalue weighted by atomic mass is 16.3. The zero-order valence-corrected chi connectivity index (χ0v) is 11.0. The van der Waals surface area contributed by atoms with Crippen molar-refractivity contribution in [3.05, 3.63) is 23.8 Å². The maximum atomic E-state index is 9.62. The number of anilines is 2. The normalized spacial score (nSPS) is 26.2. The molecule has 1 fully saturated rings. The van der Waals surface area contributed by atoms with E-state index in [1.165, 1.54) is 5.69 Å². The zero-order chi connectivity index (χ0) is 13.2. The molecule has 3 rings (SSSR count). The van der Waals surface area contributed by atoms with Gasteiger partial charge in [-0.15, -0.1) is 0 Å². The Labute approximate surface area is 113 Å². The second kappa shape index (κ2) is 5.10. The van der Waals surface area contributed by atoms with E-state index in [9.17, 15) is 5.11 Å². The highest BCUT2D eigenvalue weighted by molar-refractivity contribution is 5.74. The van der Waals surface area contributed by atoms with Crippen molar-refractivity contribution in [2.45, 2.75) is 37.8 Å². The fourth-order valence-electron chi connectivity index (χ4n) is 3.18. The van der Waals surface area contributed by atoms with Crippen molar-refractivity contribution in [1.82, 2.24) is 0 Å². The van der Waals surface area contributed by atoms with Crippen molar-refractivity contribution >= 4 is 11.4 Å². The number of aliphatic hydroxyl groups excluding tert-OH is 1. The van der Waals surface area contributed by atoms with Crippen LogP contribution >= 0.6 is 0 Å². The van der Waals surface area contributed by atoms with Crippen molar-refractivity contribution in [1.29, 1.82) is 5.26 Å². The highest BCUT2D eigenvalue weighted by Gasteiger charge is 2.28. The van der Waals surface area contributed by atoms with Crippen LogP contribution in [0, 0.1) is 11.3 Å². The molecule has 1 aromatic rings. The minimum Gasteiger partial charge on any atom is -0.393 e. The Morgan fingerprint density at radius 1 is 1.26 bits per heavy atom. The number of rotatable bonds is 1. The molecule has 0 radical (unpaired) electrons. The summed E-state index contributed by atoms with van der Waals surface area (Å²) in [7, 11) is 0. The second-order valence-corrected chi connectivity index (χ2v) is 5.43. The fourth-order valence-corrected chi connectivity index (χ4v) is 3.18. The van der Waals surface area contributed by atoms with E-state index in [0.717, 1.165) is 44.5 Å². The smallest absolute Gasteiger partial charge is 0.0992 e. The molecule has 0 unspecified atom stereocenters. The third-order valence-corrected chi connectivity index (χ3v) is 4.21. The first-order chi connectivity index (χ1) is 9.28. The molecule has 0 spiro atoms. The minimum absolute atomic E-state index is 0.111. The summed E-state index contributed by atoms with van der Waals surface area (Å²) in [6, 6.07) is 8.57. The third-order valence-electron chi connectivity index (χ3n) is 4.21. The number of benzene rings is 1. The van der Waals surface area contributed by atoms with Crippen molar-refractivity contribution in [3.63, 3.8) is 0 Å². The average Bonchev–Trinajstić information content (AvgIpc) is 2.47. The lowest BCUT2D eigenvalue weighted by Gasteiger charge is -2.41. The Morgan fingerprint density at radius 2 is 2.05 bits per heavy atom. The highest BCUT2D eigenvalue weighted by Crippen LogP contribution is 2.35. The van der Waals surface area contributed by atoms with Crippen LogP contribution in [-0.2, 0) is 0 Å². The first-order valence-corrected chi connectivity index (χ1v) is 7.00. The summed E-state index contributed by atoms with van der Waals surface area (Å²) in [5.74, 6) is 0. The van der Waals surface area contributed by atoms with E-state index >= 15 is 0 Å². The van der Waals surface area contributed by atoms with Crippen LogP contribution in [0.4, 0.5) is 11.4 Å². The third kappa shape index (κ3) is 2.39. The van der Waals surface area contributed by atoms with Crippen molar-refractivity contribution < 1.29 is 5.11 Å². The summed E-state index contributed by atoms with van der Waals surface area (Å²) >= 11 is 0. The van der Waals surface area contributed by atoms with E-state index in [4.69, 9.17) is 5.26 Å². The second-order valence-electron chi connectivity index (χ2n) is 5.43. The predicted octanol–water partition coefficient (Wildman–Crippen LogP) is 2.09. The Morgan fingerprint density at radius 3 is 2.79 bits per heavy atom. The van der Waals surface area contributed by atoms with Gasteiger partial charge in [-0.05, 0) is 43.9 Å². The maximum absolute atomic E-state index is 9.62. The van der Waals surface area contributed by atoms with Gasteiger partial charge in [-0.2, -0.15) is 5.26 Å². The molecule has 1 saturated carbocycles. The van der Waals surface area contributed by atoms with Crippen LogP contribution in [0.15, 0.2) is 18.2 Å². The molecule has 0 aromatic heterocycles. The number of nitriles is 1. The van der Waals surface area contributed by atoms with Crippen LogP contribution in [-0.4, -0.2) is 30.3 Å². The van der Waals surface area contributed by atoms with Gasteiger partial charge in [-0.25, -0.2) is 0 Å². The van der Waals surface area contributed by atoms with Crippen molar-refractivity contribution in [2.24, 2.45) is 0 Å². The fraction of sp³-hybridized carbons (Fsp3) is 0.533. The van der Waals surface area contributed by atoms with E-state index in [1.807, 2.05) is 18.2 Å². The first kappa shape index (κ1) is 12.3. The predicted molar refractivity (Wildman–Crippen MR) is 75.3 cm³/mol. The van der Waals surface area contributed by atoms with Gasteiger partial charge in [0.05, 0.1) is 29.1 Å². The summed E-state index contributed by atoms with van der Waals surface area (Å²) < 4.78 is 0. The molecule has 0 atom stereocenters. The van der Waals surface area contributed by atoms with Gasteiger partial charge in [0, 0.05) is 19.1 Å². The summed E-state index contributed by atoms with van der Waals surface area (Å²) in [6.45, 7) is 1.92. The number of hydrogen-bond acceptors (Lipinski definition) is 4. The van der Waals surface area contributed by atoms with E-state index in [-0.39, 0.29) is 6.10 Å². The van der Waals surface area contributed by atoms with Crippen molar-refractivity contribution in [2.75, 3.05) is 23.3 Å². The van der Waals surface area contributed by atoms with E-state index in [2.05, 4.69) is 16.3 Å². The Bertz CT molecular complexity index is 501. The van der Waals surface area contributed by atoms with Gasteiger partial charge in [-0.3, -0.25) is 0 Å². The van der Waals surface area contributed by atoms with E-state index < -0.39 is 0 Å². The lowest BCUT2D eigenvalue weighted by atomic mass is 9.91. The standard InChI is InChI=1S/C15H19N3O/c16-10-11-1-6-15-14(9-11)17-7-8-18(15)12-2-4-13(19)5-3-12/h1,6,9,12-13,17,19H,2-5,7-8H2. The zero-order valence-electron chi connectivity index (χ0n) is 11.0. The van der Waals surface area contributed by atoms with Crippen LogP contribution in [0.1, 0.15) is 31.2 Å². The quantitative estimate of drug-likeness (QED) is 0.809. The van der Waals surface area contributed by atoms with Crippen LogP contribution in [0.25, 0.3) is 0 Å². The molecule has 1 heterocycles. The summed E-state index contributed by atoms with van der Waals surface area (Å²) in [6.07, 6.45) is 3.81. The number of aliphatic hydroxyl groups is 1. The van der Waals surface area contributed by atoms with Gasteiger partial charge >= 0.3 is 0 Å². The van der Waals surface area contributed by atoms with Gasteiger partial charge in [0.1, 0.15) is 0 Å². The molecular weight excluding hydrogens is 238 g/mol. The molecular formula is C15H19N3O. The molecule has 4 heteroatoms. The van der Waals surface area contributed by atoms with Crippen molar-refractivity contribution in [3.8, 4) is 6.07 Å². The molecule has 100 valence electrons. The van der Waals surface area contributed by atoms with Crippen LogP contribution in [0.3, 0.4) is 0 Å². The lowest BCUT2D eigenvalue weighted by Crippen LogP contribution is -2.44. The molecule has 2 N–H and O–H groups in total. The van der Waals surface area contributed by atoms with Gasteiger partial charge in [0.2, 0.25) is 0 Å². The van der Waals surface area contributed by atoms with Crippen LogP contribution in [0.2, 0.25) is 0 Å². The number of hydrogen-bond donors (Lipinski definition) is 2. The number of fused-ring (bicyclic) bond motifs is 1. The summed E-state index contributed by atoms with van der Waals surface area (Å²) in [5, 5.41) is 22.0. The average molecular weight is 257 g/mol. The van der Waals surface area contributed by atoms with Gasteiger partial charge in [0.25, 0.3) is 0 Å². The topological polar surface area (TPSA) is 59.3 Å². The number of nitrogens with zero attached hydrogens (tertiary/aromatic N) is 2. The number of nitrogens with one attached hydrogen (secondary N) is 1. The first-order valence-electron chi connectivity index (χ1n) is 7.00. The van der Waals surface area contributed by atoms with Gasteiger partial charge in [-0.1, -0.05) is 0 Å². The molecule has 4 nitrogen and oxygen atoms in total. The molecule has 1 aliphatic carbocycles. The Kier molecular flexibility index (Phi) is 3.31. The largest absolute Gasteiger partial charge is 0.393 e. The molecule has 1 aromatic carbocycles. The lowest BCUT2D eigenvalue weighted by molar-refractivity contribution is 0.121. The maximum Gasteiger partial charge on any atom is 0.0992 e. The van der Waals surface area contributed by atoms with E-state index in [0.29, 0.717) is 11.6 Å². The summed E-state index contributed by atoms with van der Waals surface area (Å²) in [4.78, 5) is 2.44. The van der Waals surface area contributed by atoms with Gasteiger partial charge < -0.3 is 15.3 Å². The van der Waals surface area contributed by atoms with Crippen LogP contribution < -0.4 is 10.2 Å². The minimum atomic E-state index is -0.111. The molecule has 0 amide bonds. The van der Waals surface area contributed by atoms with Gasteiger partial charge in [0.15, 0.2) is 0 Å². The van der Waals surface area contributed by atoms with Crippen LogP contribution in [0.5, 0.6) is 0 Å². The monoisotopic (exact) mass is 257 g/mol. The molecule has 1 aliphatic heterocycles.